The van der Waals surface area contributed by atoms with Gasteiger partial charge in [-0.1, -0.05) is 36.4 Å². The van der Waals surface area contributed by atoms with Gasteiger partial charge in [-0.2, -0.15) is 0 Å². The highest BCUT2D eigenvalue weighted by Gasteiger charge is 2.15. The van der Waals surface area contributed by atoms with Crippen molar-refractivity contribution in [2.24, 2.45) is 0 Å². The molecule has 0 saturated carbocycles. The van der Waals surface area contributed by atoms with Gasteiger partial charge in [-0.3, -0.25) is 10.0 Å². The zero-order valence-electron chi connectivity index (χ0n) is 12.6. The highest BCUT2D eigenvalue weighted by atomic mass is 16.6. The van der Waals surface area contributed by atoms with Crippen LogP contribution in [0.15, 0.2) is 36.4 Å². The number of hydrogen-bond acceptors (Lipinski definition) is 6. The number of phenols is 1. The number of carbonyl (C=O) groups excluding carboxylic acids is 2. The van der Waals surface area contributed by atoms with Gasteiger partial charge in [-0.15, -0.1) is 0 Å². The van der Waals surface area contributed by atoms with Crippen LogP contribution in [-0.2, 0) is 25.6 Å². The minimum Gasteiger partial charge on any atom is -0.507 e. The van der Waals surface area contributed by atoms with Crippen molar-refractivity contribution in [2.75, 3.05) is 20.3 Å². The molecule has 2 aromatic carbocycles. The van der Waals surface area contributed by atoms with Gasteiger partial charge in [0.1, 0.15) is 19.0 Å². The molecule has 0 aliphatic rings. The van der Waals surface area contributed by atoms with Gasteiger partial charge in [0, 0.05) is 10.9 Å². The Bertz CT molecular complexity index is 715. The van der Waals surface area contributed by atoms with Crippen molar-refractivity contribution in [1.82, 2.24) is 5.06 Å². The van der Waals surface area contributed by atoms with Crippen molar-refractivity contribution >= 4 is 22.6 Å². The molecular formula is C16H17NO6. The molecule has 0 spiro atoms. The molecule has 0 heterocycles. The molecule has 0 bridgehead atoms. The van der Waals surface area contributed by atoms with Crippen LogP contribution in [0, 0.1) is 0 Å². The zero-order valence-corrected chi connectivity index (χ0v) is 12.6. The summed E-state index contributed by atoms with van der Waals surface area (Å²) >= 11 is 0. The van der Waals surface area contributed by atoms with Crippen LogP contribution in [0.2, 0.25) is 0 Å². The average Bonchev–Trinajstić information content (AvgIpc) is 2.57. The van der Waals surface area contributed by atoms with Crippen LogP contribution in [0.25, 0.3) is 10.8 Å². The van der Waals surface area contributed by atoms with Gasteiger partial charge < -0.3 is 14.6 Å². The lowest BCUT2D eigenvalue weighted by atomic mass is 10.1. The maximum absolute atomic E-state index is 11.7. The lowest BCUT2D eigenvalue weighted by Crippen LogP contribution is -2.31. The highest BCUT2D eigenvalue weighted by molar-refractivity contribution is 5.89. The van der Waals surface area contributed by atoms with Crippen LogP contribution in [0.1, 0.15) is 5.56 Å². The fraction of sp³-hybridized carbons (Fsp3) is 0.250. The largest absolute Gasteiger partial charge is 0.507 e. The molecule has 0 aliphatic carbocycles. The summed E-state index contributed by atoms with van der Waals surface area (Å²) in [7, 11) is 1.20. The summed E-state index contributed by atoms with van der Waals surface area (Å²) in [6.07, 6.45) is 0. The second kappa shape index (κ2) is 7.57. The summed E-state index contributed by atoms with van der Waals surface area (Å²) < 4.78 is 9.18. The summed E-state index contributed by atoms with van der Waals surface area (Å²) in [5.41, 5.74) is 0.396. The molecule has 1 amide bonds. The smallest absolute Gasteiger partial charge is 0.331 e. The third-order valence-electron chi connectivity index (χ3n) is 3.27. The molecule has 23 heavy (non-hydrogen) atoms. The molecule has 0 radical (unpaired) electrons. The number of rotatable bonds is 6. The number of esters is 1. The second-order valence-corrected chi connectivity index (χ2v) is 4.81. The van der Waals surface area contributed by atoms with Gasteiger partial charge in [0.05, 0.1) is 13.7 Å². The molecule has 7 nitrogen and oxygen atoms in total. The van der Waals surface area contributed by atoms with E-state index < -0.39 is 18.5 Å². The minimum absolute atomic E-state index is 0.00503. The van der Waals surface area contributed by atoms with E-state index in [9.17, 15) is 19.9 Å². The Morgan fingerprint density at radius 1 is 1.13 bits per heavy atom. The van der Waals surface area contributed by atoms with Crippen LogP contribution in [0.4, 0.5) is 0 Å². The number of fused-ring (bicyclic) bond motifs is 1. The number of phenolic OH excluding ortho intramolecular Hbond substituents is 1. The maximum atomic E-state index is 11.7. The Morgan fingerprint density at radius 3 is 2.61 bits per heavy atom. The predicted molar refractivity (Wildman–Crippen MR) is 80.8 cm³/mol. The number of hydroxylamine groups is 2. The van der Waals surface area contributed by atoms with Crippen molar-refractivity contribution in [3.63, 3.8) is 0 Å². The van der Waals surface area contributed by atoms with Crippen molar-refractivity contribution in [3.8, 4) is 5.75 Å². The van der Waals surface area contributed by atoms with E-state index in [2.05, 4.69) is 4.74 Å². The first kappa shape index (κ1) is 16.7. The Hall–Kier alpha value is -2.64. The number of ether oxygens (including phenoxy) is 2. The average molecular weight is 319 g/mol. The Labute approximate surface area is 132 Å². The molecule has 0 aromatic heterocycles. The van der Waals surface area contributed by atoms with E-state index in [1.54, 1.807) is 24.3 Å². The SMILES string of the molecule is COC(=O)COCC(=O)N(O)Cc1ccc2ccccc2c1O. The number of benzene rings is 2. The third-order valence-corrected chi connectivity index (χ3v) is 3.27. The van der Waals surface area contributed by atoms with Crippen LogP contribution < -0.4 is 0 Å². The van der Waals surface area contributed by atoms with Crippen LogP contribution in [0.3, 0.4) is 0 Å². The number of amides is 1. The van der Waals surface area contributed by atoms with Crippen molar-refractivity contribution < 1.29 is 29.4 Å². The van der Waals surface area contributed by atoms with Crippen molar-refractivity contribution in [3.05, 3.63) is 42.0 Å². The summed E-state index contributed by atoms with van der Waals surface area (Å²) in [4.78, 5) is 22.6. The van der Waals surface area contributed by atoms with Gasteiger partial charge in [0.15, 0.2) is 0 Å². The van der Waals surface area contributed by atoms with E-state index in [1.165, 1.54) is 7.11 Å². The highest BCUT2D eigenvalue weighted by Crippen LogP contribution is 2.29. The number of aromatic hydroxyl groups is 1. The van der Waals surface area contributed by atoms with Crippen molar-refractivity contribution in [2.45, 2.75) is 6.54 Å². The molecule has 2 N–H and O–H groups in total. The first-order valence-electron chi connectivity index (χ1n) is 6.86. The standard InChI is InChI=1S/C16H17NO6/c1-22-15(19)10-23-9-14(18)17(21)8-12-7-6-11-4-2-3-5-13(11)16(12)20/h2-7,20-21H,8-10H2,1H3. The number of methoxy groups -OCH3 is 1. The van der Waals surface area contributed by atoms with Crippen LogP contribution in [-0.4, -0.2) is 47.6 Å². The summed E-state index contributed by atoms with van der Waals surface area (Å²) in [5.74, 6) is -1.35. The normalized spacial score (nSPS) is 10.5. The van der Waals surface area contributed by atoms with Gasteiger partial charge in [0.2, 0.25) is 0 Å². The first-order chi connectivity index (χ1) is 11.0. The van der Waals surface area contributed by atoms with Gasteiger partial charge >= 0.3 is 5.97 Å². The maximum Gasteiger partial charge on any atom is 0.331 e. The third kappa shape index (κ3) is 4.18. The van der Waals surface area contributed by atoms with Gasteiger partial charge in [-0.25, -0.2) is 9.86 Å². The Balaban J connectivity index is 1.99. The van der Waals surface area contributed by atoms with Crippen LogP contribution in [0.5, 0.6) is 5.75 Å². The molecule has 0 aliphatic heterocycles. The van der Waals surface area contributed by atoms with Crippen LogP contribution >= 0.6 is 0 Å². The summed E-state index contributed by atoms with van der Waals surface area (Å²) in [6.45, 7) is -1.05. The second-order valence-electron chi connectivity index (χ2n) is 4.81. The van der Waals surface area contributed by atoms with E-state index in [0.29, 0.717) is 16.0 Å². The topological polar surface area (TPSA) is 96.3 Å². The molecule has 0 atom stereocenters. The molecule has 2 aromatic rings. The number of nitrogens with zero attached hydrogens (tertiary/aromatic N) is 1. The first-order valence-corrected chi connectivity index (χ1v) is 6.86. The molecular weight excluding hydrogens is 302 g/mol. The molecule has 0 fully saturated rings. The molecule has 122 valence electrons. The molecule has 0 unspecified atom stereocenters. The zero-order chi connectivity index (χ0) is 16.8. The van der Waals surface area contributed by atoms with E-state index in [1.807, 2.05) is 12.1 Å². The number of carbonyl (C=O) groups is 2. The predicted octanol–water partition coefficient (Wildman–Crippen LogP) is 1.45. The fourth-order valence-corrected chi connectivity index (χ4v) is 2.03. The number of hydrogen-bond donors (Lipinski definition) is 2. The lowest BCUT2D eigenvalue weighted by molar-refractivity contribution is -0.174. The molecule has 2 rings (SSSR count). The Kier molecular flexibility index (Phi) is 5.51. The molecule has 7 heteroatoms. The summed E-state index contributed by atoms with van der Waals surface area (Å²) in [6, 6.07) is 10.6. The lowest BCUT2D eigenvalue weighted by Gasteiger charge is -2.16. The van der Waals surface area contributed by atoms with E-state index in [0.717, 1.165) is 5.39 Å². The minimum atomic E-state index is -0.735. The summed E-state index contributed by atoms with van der Waals surface area (Å²) in [5, 5.41) is 21.9. The van der Waals surface area contributed by atoms with E-state index in [4.69, 9.17) is 4.74 Å². The van der Waals surface area contributed by atoms with Gasteiger partial charge in [0.25, 0.3) is 5.91 Å². The monoisotopic (exact) mass is 319 g/mol. The van der Waals surface area contributed by atoms with Gasteiger partial charge in [-0.05, 0) is 5.39 Å². The quantitative estimate of drug-likeness (QED) is 0.475. The van der Waals surface area contributed by atoms with E-state index >= 15 is 0 Å². The van der Waals surface area contributed by atoms with Crippen molar-refractivity contribution in [1.29, 1.82) is 0 Å². The molecule has 0 saturated heterocycles. The Morgan fingerprint density at radius 2 is 1.87 bits per heavy atom. The van der Waals surface area contributed by atoms with E-state index in [-0.39, 0.29) is 18.9 Å². The fourth-order valence-electron chi connectivity index (χ4n) is 2.03.